The molecule has 0 atom stereocenters. The maximum Gasteiger partial charge on any atom is 0.407 e. The summed E-state index contributed by atoms with van der Waals surface area (Å²) in [6.07, 6.45) is 12.9. The molecule has 0 fully saturated rings. The van der Waals surface area contributed by atoms with Crippen molar-refractivity contribution in [3.8, 4) is 0 Å². The summed E-state index contributed by atoms with van der Waals surface area (Å²) in [4.78, 5) is 101. The first kappa shape index (κ1) is 60.9. The normalized spacial score (nSPS) is 10.8. The average Bonchev–Trinajstić information content (AvgIpc) is 3.34. The number of rotatable bonds is 40. The summed E-state index contributed by atoms with van der Waals surface area (Å²) in [7, 11) is 0. The van der Waals surface area contributed by atoms with E-state index in [9.17, 15) is 38.4 Å². The highest BCUT2D eigenvalue weighted by Crippen LogP contribution is 2.26. The first-order chi connectivity index (χ1) is 32.2. The molecule has 0 aliphatic rings. The highest BCUT2D eigenvalue weighted by molar-refractivity contribution is 5.93. The van der Waals surface area contributed by atoms with Crippen LogP contribution in [0.25, 0.3) is 0 Å². The Kier molecular flexibility index (Phi) is 34.6. The van der Waals surface area contributed by atoms with Crippen molar-refractivity contribution in [3.63, 3.8) is 0 Å². The highest BCUT2D eigenvalue weighted by Gasteiger charge is 2.40. The van der Waals surface area contributed by atoms with Gasteiger partial charge < -0.3 is 60.6 Å². The van der Waals surface area contributed by atoms with Crippen LogP contribution in [0.5, 0.6) is 0 Å². The number of carbonyl (C=O) groups excluding carboxylic acids is 8. The molecule has 0 spiro atoms. The van der Waals surface area contributed by atoms with Crippen molar-refractivity contribution in [2.45, 2.75) is 77.0 Å². The van der Waals surface area contributed by atoms with Crippen LogP contribution in [0, 0.1) is 10.8 Å². The van der Waals surface area contributed by atoms with E-state index in [1.165, 1.54) is 4.90 Å². The minimum absolute atomic E-state index is 0.178. The van der Waals surface area contributed by atoms with E-state index in [0.29, 0.717) is 51.9 Å². The summed E-state index contributed by atoms with van der Waals surface area (Å²) in [6.45, 7) is 15.1. The second-order valence-electron chi connectivity index (χ2n) is 15.5. The van der Waals surface area contributed by atoms with E-state index in [1.54, 1.807) is 0 Å². The number of hydrogen-bond acceptors (Lipinski definition) is 17. The van der Waals surface area contributed by atoms with Gasteiger partial charge in [0.15, 0.2) is 0 Å². The van der Waals surface area contributed by atoms with Crippen LogP contribution in [0.2, 0.25) is 0 Å². The highest BCUT2D eigenvalue weighted by atomic mass is 16.6. The summed E-state index contributed by atoms with van der Waals surface area (Å²) >= 11 is 0. The molecule has 67 heavy (non-hydrogen) atoms. The van der Waals surface area contributed by atoms with Gasteiger partial charge in [0.1, 0.15) is 39.6 Å². The molecule has 0 aromatic carbocycles. The molecule has 21 heteroatoms. The van der Waals surface area contributed by atoms with Crippen LogP contribution in [0.15, 0.2) is 63.3 Å². The summed E-state index contributed by atoms with van der Waals surface area (Å²) in [6, 6.07) is -0.944. The van der Waals surface area contributed by atoms with Gasteiger partial charge in [0.25, 0.3) is 0 Å². The second kappa shape index (κ2) is 38.1. The van der Waals surface area contributed by atoms with Gasteiger partial charge in [0.05, 0.1) is 24.0 Å². The molecule has 0 aromatic heterocycles. The molecule has 5 amide bonds. The van der Waals surface area contributed by atoms with Gasteiger partial charge in [-0.25, -0.2) is 43.3 Å². The summed E-state index contributed by atoms with van der Waals surface area (Å²) in [5, 5.41) is 8.30. The van der Waals surface area contributed by atoms with Crippen molar-refractivity contribution >= 4 is 48.0 Å². The Morgan fingerprint density at radius 1 is 0.403 bits per heavy atom. The predicted octanol–water partition coefficient (Wildman–Crippen LogP) is 3.67. The summed E-state index contributed by atoms with van der Waals surface area (Å²) in [5.41, 5.74) is 7.97. The molecule has 0 saturated carbocycles. The number of carbonyl (C=O) groups is 8. The van der Waals surface area contributed by atoms with Crippen molar-refractivity contribution in [2.75, 3.05) is 92.1 Å². The van der Waals surface area contributed by atoms with Crippen molar-refractivity contribution < 1.29 is 71.5 Å². The number of imide groups is 1. The lowest BCUT2D eigenvalue weighted by Crippen LogP contribution is -2.49. The number of nitrogens with zero attached hydrogens (tertiary/aromatic N) is 1. The number of hydrogen-bond donors (Lipinski definition) is 5. The Bertz CT molecular complexity index is 1480. The fourth-order valence-electron chi connectivity index (χ4n) is 5.73. The van der Waals surface area contributed by atoms with Gasteiger partial charge in [0.2, 0.25) is 0 Å². The van der Waals surface area contributed by atoms with Gasteiger partial charge in [-0.05, 0) is 51.6 Å². The van der Waals surface area contributed by atoms with Crippen LogP contribution < -0.4 is 27.4 Å². The van der Waals surface area contributed by atoms with E-state index in [1.807, 2.05) is 0 Å². The third kappa shape index (κ3) is 30.0. The molecule has 0 unspecified atom stereocenters. The number of nitrogens with two attached hydrogens (primary N) is 2. The van der Waals surface area contributed by atoms with Crippen molar-refractivity contribution in [1.82, 2.24) is 20.9 Å². The molecule has 21 nitrogen and oxygen atoms in total. The smallest absolute Gasteiger partial charge is 0.407 e. The molecule has 378 valence electrons. The van der Waals surface area contributed by atoms with E-state index in [4.69, 9.17) is 44.6 Å². The molecule has 0 radical (unpaired) electrons. The minimum atomic E-state index is -1.59. The fraction of sp³-hybridized carbons (Fsp3) is 0.609. The number of urea groups is 2. The standard InChI is InChI=1S/C46H74N6O15/c1-6-37(53)62-31-45(32-63-38(54)7-2,33-64-39(55)8-3)29-61-30-46(34-65-40(56)9-4,35-66-41(57)10-5)36-67-44(60)51-27-21-15-16-22-28-52(42(58)49-25-19-13-11-17-23-47)43(59)50-26-20-14-12-18-24-48/h6-10H,1-5,11-36,47-48H2,(H,49,58)(H,50,59)(H,51,60). The third-order valence-corrected chi connectivity index (χ3v) is 9.64. The second-order valence-corrected chi connectivity index (χ2v) is 15.5. The van der Waals surface area contributed by atoms with E-state index in [-0.39, 0.29) is 13.1 Å². The quantitative estimate of drug-likeness (QED) is 0.0253. The van der Waals surface area contributed by atoms with Crippen molar-refractivity contribution in [2.24, 2.45) is 22.3 Å². The number of nitrogens with one attached hydrogen (secondary N) is 3. The molecule has 7 N–H and O–H groups in total. The number of unbranched alkanes of at least 4 members (excludes halogenated alkanes) is 9. The zero-order valence-corrected chi connectivity index (χ0v) is 39.0. The van der Waals surface area contributed by atoms with E-state index in [0.717, 1.165) is 81.7 Å². The molecule has 0 heterocycles. The first-order valence-electron chi connectivity index (χ1n) is 22.4. The SMILES string of the molecule is C=CC(=O)OCC(COCC(COC(=O)C=C)(COC(=O)C=C)COC(=O)NCCCCCCN(C(=O)NCCCCCCN)C(=O)NCCCCCCN)(COC(=O)C=C)COC(=O)C=C. The molecular weight excluding hydrogens is 877 g/mol. The summed E-state index contributed by atoms with van der Waals surface area (Å²) < 4.78 is 37.9. The minimum Gasteiger partial charge on any atom is -0.462 e. The van der Waals surface area contributed by atoms with E-state index in [2.05, 4.69) is 48.8 Å². The van der Waals surface area contributed by atoms with Gasteiger partial charge in [-0.2, -0.15) is 0 Å². The summed E-state index contributed by atoms with van der Waals surface area (Å²) in [5.74, 6) is -4.31. The maximum atomic E-state index is 13.0. The number of esters is 5. The monoisotopic (exact) mass is 951 g/mol. The number of alkyl carbamates (subject to hydrolysis) is 1. The van der Waals surface area contributed by atoms with Crippen LogP contribution in [-0.2, 0) is 57.1 Å². The van der Waals surface area contributed by atoms with E-state index >= 15 is 0 Å². The van der Waals surface area contributed by atoms with Crippen molar-refractivity contribution in [3.05, 3.63) is 63.3 Å². The lowest BCUT2D eigenvalue weighted by molar-refractivity contribution is -0.166. The lowest BCUT2D eigenvalue weighted by Gasteiger charge is -2.35. The Balaban J connectivity index is 5.82. The van der Waals surface area contributed by atoms with Gasteiger partial charge in [-0.1, -0.05) is 71.4 Å². The largest absolute Gasteiger partial charge is 0.462 e. The van der Waals surface area contributed by atoms with E-state index < -0.39 is 112 Å². The Hall–Kier alpha value is -6.06. The Morgan fingerprint density at radius 2 is 0.701 bits per heavy atom. The van der Waals surface area contributed by atoms with Gasteiger partial charge in [-0.3, -0.25) is 0 Å². The van der Waals surface area contributed by atoms with Crippen LogP contribution in [0.3, 0.4) is 0 Å². The maximum absolute atomic E-state index is 13.0. The van der Waals surface area contributed by atoms with Crippen LogP contribution in [-0.4, -0.2) is 145 Å². The average molecular weight is 951 g/mol. The molecular formula is C46H74N6O15. The lowest BCUT2D eigenvalue weighted by atomic mass is 9.90. The number of amides is 5. The Morgan fingerprint density at radius 3 is 1.03 bits per heavy atom. The first-order valence-corrected chi connectivity index (χ1v) is 22.4. The van der Waals surface area contributed by atoms with Crippen LogP contribution >= 0.6 is 0 Å². The molecule has 0 aromatic rings. The van der Waals surface area contributed by atoms with Crippen molar-refractivity contribution in [1.29, 1.82) is 0 Å². The topological polar surface area (TPSA) is 293 Å². The molecule has 0 saturated heterocycles. The van der Waals surface area contributed by atoms with Gasteiger partial charge >= 0.3 is 48.0 Å². The van der Waals surface area contributed by atoms with Crippen LogP contribution in [0.4, 0.5) is 14.4 Å². The third-order valence-electron chi connectivity index (χ3n) is 9.64. The fourth-order valence-corrected chi connectivity index (χ4v) is 5.73. The zero-order valence-electron chi connectivity index (χ0n) is 39.0. The molecule has 0 rings (SSSR count). The van der Waals surface area contributed by atoms with Gasteiger partial charge in [-0.15, -0.1) is 0 Å². The number of ether oxygens (including phenoxy) is 7. The predicted molar refractivity (Wildman–Crippen MR) is 248 cm³/mol. The molecule has 0 aliphatic carbocycles. The van der Waals surface area contributed by atoms with Crippen LogP contribution in [0.1, 0.15) is 77.0 Å². The zero-order chi connectivity index (χ0) is 50.2. The van der Waals surface area contributed by atoms with Gasteiger partial charge in [0, 0.05) is 56.6 Å². The molecule has 0 bridgehead atoms. The Labute approximate surface area is 394 Å². The molecule has 0 aliphatic heterocycles.